The van der Waals surface area contributed by atoms with E-state index in [0.717, 1.165) is 11.3 Å². The lowest BCUT2D eigenvalue weighted by atomic mass is 10.2. The molecule has 1 heterocycles. The fraction of sp³-hybridized carbons (Fsp3) is 0.182. The minimum atomic E-state index is 0.441. The van der Waals surface area contributed by atoms with E-state index >= 15 is 0 Å². The smallest absolute Gasteiger partial charge is 0.0953 e. The van der Waals surface area contributed by atoms with Crippen LogP contribution in [-0.4, -0.2) is 9.55 Å². The summed E-state index contributed by atoms with van der Waals surface area (Å²) < 4.78 is 1.93. The van der Waals surface area contributed by atoms with Crippen LogP contribution in [0.1, 0.15) is 11.3 Å². The summed E-state index contributed by atoms with van der Waals surface area (Å²) in [4.78, 5) is 4.14. The Hall–Kier alpha value is -1.03. The minimum Gasteiger partial charge on any atom is -0.333 e. The molecule has 2 N–H and O–H groups in total. The van der Waals surface area contributed by atoms with Gasteiger partial charge in [-0.15, -0.1) is 0 Å². The fourth-order valence-electron chi connectivity index (χ4n) is 1.47. The molecule has 0 saturated carbocycles. The van der Waals surface area contributed by atoms with Crippen molar-refractivity contribution in [3.63, 3.8) is 0 Å². The van der Waals surface area contributed by atoms with Gasteiger partial charge in [-0.1, -0.05) is 35.3 Å². The van der Waals surface area contributed by atoms with Crippen molar-refractivity contribution in [2.75, 3.05) is 0 Å². The first kappa shape index (κ1) is 11.5. The highest BCUT2D eigenvalue weighted by Crippen LogP contribution is 2.26. The molecule has 2 rings (SSSR count). The van der Waals surface area contributed by atoms with Gasteiger partial charge < -0.3 is 10.3 Å². The maximum Gasteiger partial charge on any atom is 0.0953 e. The zero-order valence-corrected chi connectivity index (χ0v) is 10.0. The second-order valence-electron chi connectivity index (χ2n) is 3.45. The Morgan fingerprint density at radius 3 is 2.81 bits per heavy atom. The van der Waals surface area contributed by atoms with Gasteiger partial charge in [0.05, 0.1) is 28.6 Å². The Balaban J connectivity index is 2.23. The summed E-state index contributed by atoms with van der Waals surface area (Å²) >= 11 is 12.0. The van der Waals surface area contributed by atoms with Crippen LogP contribution in [0.2, 0.25) is 10.0 Å². The molecule has 0 aliphatic carbocycles. The molecule has 0 bridgehead atoms. The zero-order chi connectivity index (χ0) is 11.5. The van der Waals surface area contributed by atoms with E-state index in [1.165, 1.54) is 0 Å². The van der Waals surface area contributed by atoms with Crippen molar-refractivity contribution in [2.24, 2.45) is 5.73 Å². The topological polar surface area (TPSA) is 43.8 Å². The van der Waals surface area contributed by atoms with E-state index in [0.29, 0.717) is 23.1 Å². The van der Waals surface area contributed by atoms with Crippen LogP contribution in [0.5, 0.6) is 0 Å². The van der Waals surface area contributed by atoms with Gasteiger partial charge in [-0.25, -0.2) is 4.98 Å². The van der Waals surface area contributed by atoms with Gasteiger partial charge in [0, 0.05) is 12.7 Å². The Morgan fingerprint density at radius 1 is 1.31 bits per heavy atom. The lowest BCUT2D eigenvalue weighted by molar-refractivity contribution is 0.796. The number of nitrogens with zero attached hydrogens (tertiary/aromatic N) is 2. The van der Waals surface area contributed by atoms with Crippen LogP contribution in [-0.2, 0) is 13.1 Å². The van der Waals surface area contributed by atoms with E-state index in [-0.39, 0.29) is 0 Å². The average molecular weight is 256 g/mol. The molecule has 1 aromatic carbocycles. The monoisotopic (exact) mass is 255 g/mol. The predicted octanol–water partition coefficient (Wildman–Crippen LogP) is 2.70. The number of hydrogen-bond donors (Lipinski definition) is 1. The maximum atomic E-state index is 6.09. The molecular formula is C11H11Cl2N3. The highest BCUT2D eigenvalue weighted by molar-refractivity contribution is 6.42. The summed E-state index contributed by atoms with van der Waals surface area (Å²) in [6.45, 7) is 1.09. The largest absolute Gasteiger partial charge is 0.333 e. The molecule has 2 aromatic rings. The third-order valence-electron chi connectivity index (χ3n) is 2.28. The summed E-state index contributed by atoms with van der Waals surface area (Å²) in [7, 11) is 0. The molecule has 0 radical (unpaired) electrons. The fourth-order valence-corrected chi connectivity index (χ4v) is 1.85. The van der Waals surface area contributed by atoms with Crippen LogP contribution in [0.25, 0.3) is 0 Å². The van der Waals surface area contributed by atoms with Crippen molar-refractivity contribution in [3.05, 3.63) is 52.0 Å². The number of imidazole rings is 1. The van der Waals surface area contributed by atoms with Gasteiger partial charge in [0.2, 0.25) is 0 Å². The average Bonchev–Trinajstić information content (AvgIpc) is 2.73. The second-order valence-corrected chi connectivity index (χ2v) is 4.24. The summed E-state index contributed by atoms with van der Waals surface area (Å²) in [5, 5.41) is 1.16. The lowest BCUT2D eigenvalue weighted by Gasteiger charge is -2.06. The molecule has 3 nitrogen and oxygen atoms in total. The Kier molecular flexibility index (Phi) is 3.49. The predicted molar refractivity (Wildman–Crippen MR) is 65.7 cm³/mol. The lowest BCUT2D eigenvalue weighted by Crippen LogP contribution is -1.98. The van der Waals surface area contributed by atoms with Gasteiger partial charge in [0.1, 0.15) is 0 Å². The first-order chi connectivity index (χ1) is 7.70. The normalized spacial score (nSPS) is 10.7. The molecule has 0 aliphatic rings. The number of rotatable bonds is 3. The molecular weight excluding hydrogens is 245 g/mol. The van der Waals surface area contributed by atoms with Crippen LogP contribution in [0.4, 0.5) is 0 Å². The van der Waals surface area contributed by atoms with Crippen LogP contribution in [0, 0.1) is 0 Å². The van der Waals surface area contributed by atoms with Gasteiger partial charge in [-0.2, -0.15) is 0 Å². The standard InChI is InChI=1S/C11H11Cl2N3/c12-10-3-1-2-8(11(10)13)5-16-6-9(4-14)15-7-16/h1-3,6-7H,4-5,14H2. The molecule has 84 valence electrons. The van der Waals surface area contributed by atoms with E-state index < -0.39 is 0 Å². The summed E-state index contributed by atoms with van der Waals surface area (Å²) in [5.41, 5.74) is 7.31. The van der Waals surface area contributed by atoms with E-state index in [1.54, 1.807) is 12.4 Å². The van der Waals surface area contributed by atoms with Crippen LogP contribution in [0.3, 0.4) is 0 Å². The van der Waals surface area contributed by atoms with Crippen molar-refractivity contribution in [2.45, 2.75) is 13.1 Å². The van der Waals surface area contributed by atoms with Crippen LogP contribution in [0.15, 0.2) is 30.7 Å². The van der Waals surface area contributed by atoms with Gasteiger partial charge >= 0.3 is 0 Å². The molecule has 0 atom stereocenters. The van der Waals surface area contributed by atoms with Crippen molar-refractivity contribution >= 4 is 23.2 Å². The number of nitrogens with two attached hydrogens (primary N) is 1. The van der Waals surface area contributed by atoms with Gasteiger partial charge in [-0.05, 0) is 11.6 Å². The highest BCUT2D eigenvalue weighted by atomic mass is 35.5. The van der Waals surface area contributed by atoms with Gasteiger partial charge in [0.15, 0.2) is 0 Å². The third kappa shape index (κ3) is 2.38. The summed E-state index contributed by atoms with van der Waals surface area (Å²) in [5.74, 6) is 0. The molecule has 0 amide bonds. The summed E-state index contributed by atoms with van der Waals surface area (Å²) in [6, 6.07) is 5.59. The molecule has 16 heavy (non-hydrogen) atoms. The van der Waals surface area contributed by atoms with Gasteiger partial charge in [-0.3, -0.25) is 0 Å². The Bertz CT molecular complexity index is 494. The van der Waals surface area contributed by atoms with E-state index in [9.17, 15) is 0 Å². The minimum absolute atomic E-state index is 0.441. The number of aromatic nitrogens is 2. The van der Waals surface area contributed by atoms with E-state index in [4.69, 9.17) is 28.9 Å². The Morgan fingerprint density at radius 2 is 2.12 bits per heavy atom. The number of benzene rings is 1. The second kappa shape index (κ2) is 4.87. The highest BCUT2D eigenvalue weighted by Gasteiger charge is 2.05. The van der Waals surface area contributed by atoms with Crippen molar-refractivity contribution < 1.29 is 0 Å². The third-order valence-corrected chi connectivity index (χ3v) is 3.14. The van der Waals surface area contributed by atoms with Crippen LogP contribution < -0.4 is 5.73 Å². The Labute approximate surface area is 104 Å². The maximum absolute atomic E-state index is 6.09. The van der Waals surface area contributed by atoms with Gasteiger partial charge in [0.25, 0.3) is 0 Å². The quantitative estimate of drug-likeness (QED) is 0.917. The molecule has 0 spiro atoms. The zero-order valence-electron chi connectivity index (χ0n) is 8.53. The first-order valence-electron chi connectivity index (χ1n) is 4.84. The molecule has 0 fully saturated rings. The molecule has 0 unspecified atom stereocenters. The van der Waals surface area contributed by atoms with Crippen LogP contribution >= 0.6 is 23.2 Å². The van der Waals surface area contributed by atoms with E-state index in [1.807, 2.05) is 22.9 Å². The summed E-state index contributed by atoms with van der Waals surface area (Å²) in [6.07, 6.45) is 3.64. The SMILES string of the molecule is NCc1cn(Cc2cccc(Cl)c2Cl)cn1. The van der Waals surface area contributed by atoms with Crippen molar-refractivity contribution in [1.29, 1.82) is 0 Å². The molecule has 1 aromatic heterocycles. The molecule has 0 saturated heterocycles. The first-order valence-corrected chi connectivity index (χ1v) is 5.60. The molecule has 5 heteroatoms. The van der Waals surface area contributed by atoms with Crippen molar-refractivity contribution in [1.82, 2.24) is 9.55 Å². The van der Waals surface area contributed by atoms with E-state index in [2.05, 4.69) is 4.98 Å². The number of hydrogen-bond acceptors (Lipinski definition) is 2. The molecule has 0 aliphatic heterocycles. The van der Waals surface area contributed by atoms with Crippen molar-refractivity contribution in [3.8, 4) is 0 Å². The number of halogens is 2.